The average molecular weight is 258 g/mol. The monoisotopic (exact) mass is 258 g/mol. The molecule has 3 unspecified atom stereocenters. The van der Waals surface area contributed by atoms with Gasteiger partial charge >= 0.3 is 0 Å². The number of nitrogens with one attached hydrogen (secondary N) is 1. The largest absolute Gasteiger partial charge is 0.318 e. The first-order valence-electron chi connectivity index (χ1n) is 7.05. The molecule has 2 aliphatic rings. The van der Waals surface area contributed by atoms with Crippen molar-refractivity contribution in [2.45, 2.75) is 52.4 Å². The van der Waals surface area contributed by atoms with E-state index in [1.807, 2.05) is 6.92 Å². The normalized spacial score (nSPS) is 32.7. The topological polar surface area (TPSA) is 32.3 Å². The molecule has 0 aromatic heterocycles. The molecule has 1 aliphatic carbocycles. The Labute approximate surface area is 115 Å². The van der Waals surface area contributed by atoms with Crippen LogP contribution in [-0.4, -0.2) is 22.9 Å². The van der Waals surface area contributed by atoms with E-state index >= 15 is 0 Å². The smallest absolute Gasteiger partial charge is 0.241 e. The number of carbonyl (C=O) groups is 1. The number of amides is 1. The van der Waals surface area contributed by atoms with E-state index in [0.717, 1.165) is 6.42 Å². The van der Waals surface area contributed by atoms with Gasteiger partial charge in [-0.1, -0.05) is 43.7 Å². The fraction of sp³-hybridized carbons (Fsp3) is 0.562. The first kappa shape index (κ1) is 12.7. The maximum atomic E-state index is 12.4. The molecule has 1 amide bonds. The van der Waals surface area contributed by atoms with Gasteiger partial charge in [0, 0.05) is 6.04 Å². The average Bonchev–Trinajstić information content (AvgIpc) is 2.87. The van der Waals surface area contributed by atoms with Gasteiger partial charge in [-0.15, -0.1) is 0 Å². The van der Waals surface area contributed by atoms with Crippen LogP contribution in [0.3, 0.4) is 0 Å². The summed E-state index contributed by atoms with van der Waals surface area (Å²) in [6.45, 7) is 8.51. The molecule has 3 atom stereocenters. The maximum absolute atomic E-state index is 12.4. The summed E-state index contributed by atoms with van der Waals surface area (Å²) in [5.41, 5.74) is 2.70. The fourth-order valence-electron chi connectivity index (χ4n) is 2.99. The van der Waals surface area contributed by atoms with Gasteiger partial charge < -0.3 is 4.90 Å². The molecule has 3 nitrogen and oxygen atoms in total. The standard InChI is InChI=1S/C16H22N2O/c1-10-5-7-12(8-6-10)14-17-11(2)15(19)18(14)13-9-16(13,3)4/h5-8,11,13-14,17H,9H2,1-4H3. The van der Waals surface area contributed by atoms with E-state index in [9.17, 15) is 4.79 Å². The van der Waals surface area contributed by atoms with Gasteiger partial charge in [0.2, 0.25) is 5.91 Å². The molecule has 1 aromatic rings. The number of aryl methyl sites for hydroxylation is 1. The van der Waals surface area contributed by atoms with Crippen LogP contribution in [0.15, 0.2) is 24.3 Å². The van der Waals surface area contributed by atoms with Crippen LogP contribution in [0.4, 0.5) is 0 Å². The van der Waals surface area contributed by atoms with E-state index in [2.05, 4.69) is 55.3 Å². The summed E-state index contributed by atoms with van der Waals surface area (Å²) >= 11 is 0. The van der Waals surface area contributed by atoms with Crippen molar-refractivity contribution in [3.05, 3.63) is 35.4 Å². The Morgan fingerprint density at radius 3 is 2.37 bits per heavy atom. The summed E-state index contributed by atoms with van der Waals surface area (Å²) in [6, 6.07) is 8.77. The molecule has 1 saturated carbocycles. The molecular formula is C16H22N2O. The third-order valence-electron chi connectivity index (χ3n) is 4.50. The number of carbonyl (C=O) groups excluding carboxylic acids is 1. The lowest BCUT2D eigenvalue weighted by Crippen LogP contribution is -2.34. The minimum Gasteiger partial charge on any atom is -0.318 e. The molecule has 0 radical (unpaired) electrons. The molecule has 0 bridgehead atoms. The predicted octanol–water partition coefficient (Wildman–Crippen LogP) is 2.61. The second-order valence-corrected chi connectivity index (χ2v) is 6.66. The molecule has 0 spiro atoms. The minimum absolute atomic E-state index is 0.0369. The highest BCUT2D eigenvalue weighted by Crippen LogP contribution is 2.51. The highest BCUT2D eigenvalue weighted by molar-refractivity contribution is 5.85. The van der Waals surface area contributed by atoms with Crippen LogP contribution in [0.1, 0.15) is 44.5 Å². The van der Waals surface area contributed by atoms with E-state index in [4.69, 9.17) is 0 Å². The zero-order valence-corrected chi connectivity index (χ0v) is 12.1. The SMILES string of the molecule is Cc1ccc(C2NC(C)C(=O)N2C2CC2(C)C)cc1. The van der Waals surface area contributed by atoms with E-state index in [-0.39, 0.29) is 23.5 Å². The molecular weight excluding hydrogens is 236 g/mol. The molecule has 1 N–H and O–H groups in total. The van der Waals surface area contributed by atoms with Gasteiger partial charge in [0.05, 0.1) is 6.04 Å². The summed E-state index contributed by atoms with van der Waals surface area (Å²) in [6.07, 6.45) is 1.14. The van der Waals surface area contributed by atoms with Crippen molar-refractivity contribution in [1.82, 2.24) is 10.2 Å². The van der Waals surface area contributed by atoms with Crippen molar-refractivity contribution in [3.63, 3.8) is 0 Å². The second-order valence-electron chi connectivity index (χ2n) is 6.66. The van der Waals surface area contributed by atoms with Crippen molar-refractivity contribution < 1.29 is 4.79 Å². The molecule has 1 heterocycles. The van der Waals surface area contributed by atoms with Crippen LogP contribution < -0.4 is 5.32 Å². The van der Waals surface area contributed by atoms with Crippen LogP contribution in [0.2, 0.25) is 0 Å². The quantitative estimate of drug-likeness (QED) is 0.884. The third kappa shape index (κ3) is 2.06. The summed E-state index contributed by atoms with van der Waals surface area (Å²) in [7, 11) is 0. The van der Waals surface area contributed by atoms with Gasteiger partial charge in [0.25, 0.3) is 0 Å². The van der Waals surface area contributed by atoms with E-state index < -0.39 is 0 Å². The van der Waals surface area contributed by atoms with Crippen molar-refractivity contribution in [2.75, 3.05) is 0 Å². The van der Waals surface area contributed by atoms with Gasteiger partial charge in [0.1, 0.15) is 6.17 Å². The molecule has 1 aliphatic heterocycles. The Morgan fingerprint density at radius 1 is 1.26 bits per heavy atom. The van der Waals surface area contributed by atoms with Crippen LogP contribution in [-0.2, 0) is 4.79 Å². The molecule has 102 valence electrons. The van der Waals surface area contributed by atoms with E-state index in [0.29, 0.717) is 6.04 Å². The highest BCUT2D eigenvalue weighted by Gasteiger charge is 2.55. The van der Waals surface area contributed by atoms with Crippen molar-refractivity contribution in [2.24, 2.45) is 5.41 Å². The van der Waals surface area contributed by atoms with Crippen molar-refractivity contribution >= 4 is 5.91 Å². The zero-order valence-electron chi connectivity index (χ0n) is 12.1. The van der Waals surface area contributed by atoms with Gasteiger partial charge in [-0.2, -0.15) is 0 Å². The number of hydrogen-bond acceptors (Lipinski definition) is 2. The summed E-state index contributed by atoms with van der Waals surface area (Å²) in [5, 5.41) is 3.42. The number of hydrogen-bond donors (Lipinski definition) is 1. The Hall–Kier alpha value is -1.35. The Kier molecular flexibility index (Phi) is 2.72. The maximum Gasteiger partial charge on any atom is 0.241 e. The lowest BCUT2D eigenvalue weighted by atomic mass is 10.1. The van der Waals surface area contributed by atoms with Crippen LogP contribution in [0.25, 0.3) is 0 Å². The lowest BCUT2D eigenvalue weighted by molar-refractivity contribution is -0.130. The molecule has 3 rings (SSSR count). The molecule has 1 saturated heterocycles. The van der Waals surface area contributed by atoms with Crippen molar-refractivity contribution in [1.29, 1.82) is 0 Å². The van der Waals surface area contributed by atoms with Gasteiger partial charge in [-0.05, 0) is 31.2 Å². The fourth-order valence-corrected chi connectivity index (χ4v) is 2.99. The zero-order chi connectivity index (χ0) is 13.8. The molecule has 1 aromatic carbocycles. The minimum atomic E-state index is -0.0808. The Bertz CT molecular complexity index is 506. The van der Waals surface area contributed by atoms with Gasteiger partial charge in [-0.25, -0.2) is 0 Å². The second kappa shape index (κ2) is 4.07. The first-order chi connectivity index (χ1) is 8.90. The summed E-state index contributed by atoms with van der Waals surface area (Å²) in [5.74, 6) is 0.237. The van der Waals surface area contributed by atoms with Crippen LogP contribution >= 0.6 is 0 Å². The molecule has 19 heavy (non-hydrogen) atoms. The number of nitrogens with zero attached hydrogens (tertiary/aromatic N) is 1. The highest BCUT2D eigenvalue weighted by atomic mass is 16.2. The van der Waals surface area contributed by atoms with E-state index in [1.165, 1.54) is 11.1 Å². The van der Waals surface area contributed by atoms with Gasteiger partial charge in [0.15, 0.2) is 0 Å². The van der Waals surface area contributed by atoms with Crippen LogP contribution in [0.5, 0.6) is 0 Å². The third-order valence-corrected chi connectivity index (χ3v) is 4.50. The molecule has 3 heteroatoms. The summed E-state index contributed by atoms with van der Waals surface area (Å²) < 4.78 is 0. The van der Waals surface area contributed by atoms with E-state index in [1.54, 1.807) is 0 Å². The summed E-state index contributed by atoms with van der Waals surface area (Å²) in [4.78, 5) is 14.5. The Morgan fingerprint density at radius 2 is 1.84 bits per heavy atom. The van der Waals surface area contributed by atoms with Crippen molar-refractivity contribution in [3.8, 4) is 0 Å². The Balaban J connectivity index is 1.91. The van der Waals surface area contributed by atoms with Gasteiger partial charge in [-0.3, -0.25) is 10.1 Å². The number of benzene rings is 1. The molecule has 2 fully saturated rings. The predicted molar refractivity (Wildman–Crippen MR) is 75.5 cm³/mol. The first-order valence-corrected chi connectivity index (χ1v) is 7.05. The van der Waals surface area contributed by atoms with Crippen LogP contribution in [0, 0.1) is 12.3 Å². The number of rotatable bonds is 2. The lowest BCUT2D eigenvalue weighted by Gasteiger charge is -2.26.